The molecule has 2 rings (SSSR count). The number of benzene rings is 2. The summed E-state index contributed by atoms with van der Waals surface area (Å²) >= 11 is 6.21. The molecule has 0 saturated carbocycles. The predicted octanol–water partition coefficient (Wildman–Crippen LogP) is 3.76. The van der Waals surface area contributed by atoms with Crippen LogP contribution in [-0.2, 0) is 26.2 Å². The molecule has 0 aliphatic heterocycles. The Morgan fingerprint density at radius 2 is 1.80 bits per heavy atom. The molecule has 8 nitrogen and oxygen atoms in total. The third kappa shape index (κ3) is 7.86. The van der Waals surface area contributed by atoms with Crippen LogP contribution in [0.4, 0.5) is 5.69 Å². The Morgan fingerprint density at radius 3 is 2.37 bits per heavy atom. The number of unbranched alkanes of at least 4 members (excludes halogenated alkanes) is 1. The van der Waals surface area contributed by atoms with Crippen LogP contribution in [0.5, 0.6) is 5.75 Å². The van der Waals surface area contributed by atoms with Gasteiger partial charge in [0.05, 0.1) is 19.1 Å². The molecule has 10 heteroatoms. The van der Waals surface area contributed by atoms with Crippen LogP contribution < -0.4 is 14.4 Å². The second-order valence-corrected chi connectivity index (χ2v) is 10.7. The molecule has 0 heterocycles. The molecule has 0 aromatic heterocycles. The van der Waals surface area contributed by atoms with E-state index in [2.05, 4.69) is 5.32 Å². The average molecular weight is 524 g/mol. The lowest BCUT2D eigenvalue weighted by Crippen LogP contribution is -2.51. The Kier molecular flexibility index (Phi) is 10.4. The van der Waals surface area contributed by atoms with Crippen LogP contribution in [0.2, 0.25) is 5.02 Å². The van der Waals surface area contributed by atoms with Crippen LogP contribution in [0.3, 0.4) is 0 Å². The van der Waals surface area contributed by atoms with Gasteiger partial charge >= 0.3 is 0 Å². The van der Waals surface area contributed by atoms with E-state index < -0.39 is 28.5 Å². The van der Waals surface area contributed by atoms with E-state index in [4.69, 9.17) is 16.3 Å². The fourth-order valence-electron chi connectivity index (χ4n) is 3.51. The average Bonchev–Trinajstić information content (AvgIpc) is 2.82. The number of ether oxygens (including phenoxy) is 1. The highest BCUT2D eigenvalue weighted by Crippen LogP contribution is 2.28. The second-order valence-electron chi connectivity index (χ2n) is 8.34. The zero-order valence-corrected chi connectivity index (χ0v) is 22.4. The summed E-state index contributed by atoms with van der Waals surface area (Å²) in [7, 11) is -2.26. The lowest BCUT2D eigenvalue weighted by molar-refractivity contribution is -0.139. The number of carbonyl (C=O) groups excluding carboxylic acids is 2. The van der Waals surface area contributed by atoms with Crippen LogP contribution >= 0.6 is 11.6 Å². The minimum atomic E-state index is -3.82. The molecule has 35 heavy (non-hydrogen) atoms. The molecule has 1 atom stereocenters. The minimum absolute atomic E-state index is 0.122. The minimum Gasteiger partial charge on any atom is -0.497 e. The number of nitrogens with one attached hydrogen (secondary N) is 1. The van der Waals surface area contributed by atoms with Crippen molar-refractivity contribution >= 4 is 39.1 Å². The second kappa shape index (κ2) is 12.8. The van der Waals surface area contributed by atoms with Gasteiger partial charge in [-0.2, -0.15) is 0 Å². The van der Waals surface area contributed by atoms with Crippen LogP contribution in [0.1, 0.15) is 37.8 Å². The van der Waals surface area contributed by atoms with E-state index in [1.807, 2.05) is 6.92 Å². The summed E-state index contributed by atoms with van der Waals surface area (Å²) in [6, 6.07) is 11.2. The maximum absolute atomic E-state index is 13.6. The van der Waals surface area contributed by atoms with E-state index in [0.717, 1.165) is 29.0 Å². The summed E-state index contributed by atoms with van der Waals surface area (Å²) in [5.74, 6) is -0.148. The Labute approximate surface area is 213 Å². The molecule has 0 radical (unpaired) electrons. The zero-order chi connectivity index (χ0) is 26.2. The maximum Gasteiger partial charge on any atom is 0.244 e. The molecular formula is C25H34ClN3O5S. The molecule has 2 aromatic carbocycles. The van der Waals surface area contributed by atoms with Gasteiger partial charge in [0, 0.05) is 18.1 Å². The van der Waals surface area contributed by atoms with Gasteiger partial charge < -0.3 is 15.0 Å². The maximum atomic E-state index is 13.6. The number of amides is 2. The summed E-state index contributed by atoms with van der Waals surface area (Å²) in [4.78, 5) is 27.8. The molecule has 0 aliphatic rings. The van der Waals surface area contributed by atoms with E-state index in [-0.39, 0.29) is 12.5 Å². The zero-order valence-electron chi connectivity index (χ0n) is 20.9. The fraction of sp³-hybridized carbons (Fsp3) is 0.440. The van der Waals surface area contributed by atoms with Crippen molar-refractivity contribution in [3.05, 3.63) is 58.6 Å². The lowest BCUT2D eigenvalue weighted by atomic mass is 10.1. The van der Waals surface area contributed by atoms with Gasteiger partial charge in [-0.15, -0.1) is 0 Å². The van der Waals surface area contributed by atoms with Crippen LogP contribution in [-0.4, -0.2) is 57.6 Å². The van der Waals surface area contributed by atoms with Crippen LogP contribution in [0.15, 0.2) is 42.5 Å². The first-order valence-electron chi connectivity index (χ1n) is 11.4. The van der Waals surface area contributed by atoms with Crippen molar-refractivity contribution in [1.82, 2.24) is 10.2 Å². The van der Waals surface area contributed by atoms with Crippen molar-refractivity contribution in [2.75, 3.05) is 30.8 Å². The van der Waals surface area contributed by atoms with Crippen molar-refractivity contribution in [1.29, 1.82) is 0 Å². The monoisotopic (exact) mass is 523 g/mol. The van der Waals surface area contributed by atoms with Gasteiger partial charge in [-0.3, -0.25) is 13.9 Å². The van der Waals surface area contributed by atoms with Gasteiger partial charge in [-0.05, 0) is 55.7 Å². The highest BCUT2D eigenvalue weighted by molar-refractivity contribution is 7.92. The van der Waals surface area contributed by atoms with Crippen molar-refractivity contribution in [3.8, 4) is 5.75 Å². The third-order valence-electron chi connectivity index (χ3n) is 5.70. The standard InChI is InChI=1S/C25H34ClN3O5S/c1-6-7-15-27-25(31)19(3)28(16-20-11-13-21(34-4)14-12-20)24(30)17-29(35(5,32)33)23-10-8-9-22(26)18(23)2/h8-14,19H,6-7,15-17H2,1-5H3,(H,27,31)/t19-/m0/s1. The molecule has 2 amide bonds. The predicted molar refractivity (Wildman–Crippen MR) is 139 cm³/mol. The fourth-order valence-corrected chi connectivity index (χ4v) is 4.58. The summed E-state index contributed by atoms with van der Waals surface area (Å²) in [5.41, 5.74) is 1.63. The summed E-state index contributed by atoms with van der Waals surface area (Å²) in [6.45, 7) is 5.51. The van der Waals surface area contributed by atoms with Crippen LogP contribution in [0.25, 0.3) is 0 Å². The first-order chi connectivity index (χ1) is 16.5. The van der Waals surface area contributed by atoms with E-state index in [1.165, 1.54) is 4.90 Å². The van der Waals surface area contributed by atoms with Crippen LogP contribution in [0, 0.1) is 6.92 Å². The number of nitrogens with zero attached hydrogens (tertiary/aromatic N) is 2. The molecule has 192 valence electrons. The molecule has 2 aromatic rings. The number of hydrogen-bond acceptors (Lipinski definition) is 5. The quantitative estimate of drug-likeness (QED) is 0.427. The highest BCUT2D eigenvalue weighted by atomic mass is 35.5. The molecular weight excluding hydrogens is 490 g/mol. The van der Waals surface area contributed by atoms with Crippen molar-refractivity contribution in [3.63, 3.8) is 0 Å². The van der Waals surface area contributed by atoms with Crippen molar-refractivity contribution in [2.45, 2.75) is 46.2 Å². The van der Waals surface area contributed by atoms with Gasteiger partial charge in [-0.1, -0.05) is 43.1 Å². The number of sulfonamides is 1. The Morgan fingerprint density at radius 1 is 1.14 bits per heavy atom. The Balaban J connectivity index is 2.38. The lowest BCUT2D eigenvalue weighted by Gasteiger charge is -2.32. The highest BCUT2D eigenvalue weighted by Gasteiger charge is 2.30. The number of carbonyl (C=O) groups is 2. The molecule has 0 saturated heterocycles. The van der Waals surface area contributed by atoms with Crippen molar-refractivity contribution in [2.24, 2.45) is 0 Å². The number of rotatable bonds is 12. The summed E-state index contributed by atoms with van der Waals surface area (Å²) in [6.07, 6.45) is 2.78. The van der Waals surface area contributed by atoms with E-state index in [1.54, 1.807) is 63.4 Å². The SMILES string of the molecule is CCCCNC(=O)[C@H](C)N(Cc1ccc(OC)cc1)C(=O)CN(c1cccc(Cl)c1C)S(C)(=O)=O. The molecule has 0 aliphatic carbocycles. The summed E-state index contributed by atoms with van der Waals surface area (Å²) in [5, 5.41) is 3.24. The first-order valence-corrected chi connectivity index (χ1v) is 13.6. The third-order valence-corrected chi connectivity index (χ3v) is 7.23. The number of anilines is 1. The topological polar surface area (TPSA) is 96.0 Å². The Bertz CT molecular complexity index is 1120. The first kappa shape index (κ1) is 28.5. The Hall–Kier alpha value is -2.78. The number of halogens is 1. The number of methoxy groups -OCH3 is 1. The molecule has 0 spiro atoms. The smallest absolute Gasteiger partial charge is 0.244 e. The largest absolute Gasteiger partial charge is 0.497 e. The normalized spacial score (nSPS) is 12.1. The van der Waals surface area contributed by atoms with Gasteiger partial charge in [0.15, 0.2) is 0 Å². The van der Waals surface area contributed by atoms with E-state index in [9.17, 15) is 18.0 Å². The van der Waals surface area contributed by atoms with E-state index in [0.29, 0.717) is 28.6 Å². The molecule has 1 N–H and O–H groups in total. The van der Waals surface area contributed by atoms with E-state index >= 15 is 0 Å². The van der Waals surface area contributed by atoms with Gasteiger partial charge in [0.2, 0.25) is 21.8 Å². The summed E-state index contributed by atoms with van der Waals surface area (Å²) < 4.78 is 31.6. The molecule has 0 fully saturated rings. The van der Waals surface area contributed by atoms with Gasteiger partial charge in [0.1, 0.15) is 18.3 Å². The van der Waals surface area contributed by atoms with Gasteiger partial charge in [0.25, 0.3) is 0 Å². The molecule has 0 bridgehead atoms. The van der Waals surface area contributed by atoms with Gasteiger partial charge in [-0.25, -0.2) is 8.42 Å². The number of hydrogen-bond donors (Lipinski definition) is 1. The van der Waals surface area contributed by atoms with Crippen molar-refractivity contribution < 1.29 is 22.7 Å². The molecule has 0 unspecified atom stereocenters.